The molecule has 0 aliphatic carbocycles. The highest BCUT2D eigenvalue weighted by atomic mass is 35.5. The predicted molar refractivity (Wildman–Crippen MR) is 69.6 cm³/mol. The lowest BCUT2D eigenvalue weighted by molar-refractivity contribution is 0.601. The fraction of sp³-hybridized carbons (Fsp3) is 0.143. The fourth-order valence-corrected chi connectivity index (χ4v) is 1.99. The molecule has 1 N–H and O–H groups in total. The SMILES string of the molecule is CNCc1ccc(-c2ccccc2Cl)cc1F. The molecule has 0 spiro atoms. The summed E-state index contributed by atoms with van der Waals surface area (Å²) in [4.78, 5) is 0. The molecule has 0 aromatic heterocycles. The molecule has 0 aliphatic rings. The van der Waals surface area contributed by atoms with Crippen LogP contribution in [0.1, 0.15) is 5.56 Å². The Bertz CT molecular complexity index is 525. The molecule has 0 fully saturated rings. The minimum absolute atomic E-state index is 0.211. The zero-order chi connectivity index (χ0) is 12.3. The summed E-state index contributed by atoms with van der Waals surface area (Å²) in [5.41, 5.74) is 2.31. The van der Waals surface area contributed by atoms with Crippen molar-refractivity contribution in [1.82, 2.24) is 5.32 Å². The van der Waals surface area contributed by atoms with E-state index >= 15 is 0 Å². The fourth-order valence-electron chi connectivity index (χ4n) is 1.74. The largest absolute Gasteiger partial charge is 0.316 e. The maximum atomic E-state index is 13.8. The minimum Gasteiger partial charge on any atom is -0.316 e. The Morgan fingerprint density at radius 3 is 2.59 bits per heavy atom. The first kappa shape index (κ1) is 12.1. The third-order valence-electron chi connectivity index (χ3n) is 2.61. The van der Waals surface area contributed by atoms with Crippen LogP contribution >= 0.6 is 11.6 Å². The van der Waals surface area contributed by atoms with E-state index in [1.807, 2.05) is 24.3 Å². The van der Waals surface area contributed by atoms with Crippen molar-refractivity contribution in [3.8, 4) is 11.1 Å². The van der Waals surface area contributed by atoms with Crippen molar-refractivity contribution < 1.29 is 4.39 Å². The zero-order valence-corrected chi connectivity index (χ0v) is 10.3. The molecule has 2 aromatic carbocycles. The topological polar surface area (TPSA) is 12.0 Å². The van der Waals surface area contributed by atoms with E-state index in [4.69, 9.17) is 11.6 Å². The number of hydrogen-bond donors (Lipinski definition) is 1. The molecule has 0 bridgehead atoms. The van der Waals surface area contributed by atoms with Gasteiger partial charge >= 0.3 is 0 Å². The van der Waals surface area contributed by atoms with Crippen molar-refractivity contribution in [3.05, 3.63) is 58.9 Å². The van der Waals surface area contributed by atoms with E-state index in [9.17, 15) is 4.39 Å². The number of nitrogens with one attached hydrogen (secondary N) is 1. The molecule has 2 aromatic rings. The molecule has 17 heavy (non-hydrogen) atoms. The summed E-state index contributed by atoms with van der Waals surface area (Å²) in [6.07, 6.45) is 0. The number of hydrogen-bond acceptors (Lipinski definition) is 1. The maximum Gasteiger partial charge on any atom is 0.128 e. The van der Waals surface area contributed by atoms with Crippen LogP contribution < -0.4 is 5.32 Å². The first-order chi connectivity index (χ1) is 8.22. The van der Waals surface area contributed by atoms with Gasteiger partial charge in [-0.2, -0.15) is 0 Å². The van der Waals surface area contributed by atoms with Gasteiger partial charge in [0.2, 0.25) is 0 Å². The molecule has 1 nitrogen and oxygen atoms in total. The molecule has 0 saturated carbocycles. The minimum atomic E-state index is -0.211. The maximum absolute atomic E-state index is 13.8. The number of halogens is 2. The van der Waals surface area contributed by atoms with Crippen LogP contribution in [0.4, 0.5) is 4.39 Å². The summed E-state index contributed by atoms with van der Waals surface area (Å²) in [5, 5.41) is 3.56. The first-order valence-corrected chi connectivity index (χ1v) is 5.78. The molecule has 2 rings (SSSR count). The van der Waals surface area contributed by atoms with E-state index in [0.29, 0.717) is 17.1 Å². The average molecular weight is 250 g/mol. The lowest BCUT2D eigenvalue weighted by Crippen LogP contribution is -2.06. The van der Waals surface area contributed by atoms with E-state index in [0.717, 1.165) is 11.1 Å². The standard InChI is InChI=1S/C14H13ClFN/c1-17-9-11-7-6-10(8-14(11)16)12-4-2-3-5-13(12)15/h2-8,17H,9H2,1H3. The van der Waals surface area contributed by atoms with Crippen molar-refractivity contribution in [3.63, 3.8) is 0 Å². The summed E-state index contributed by atoms with van der Waals surface area (Å²) in [7, 11) is 1.79. The second kappa shape index (κ2) is 5.30. The molecule has 0 amide bonds. The Morgan fingerprint density at radius 2 is 1.94 bits per heavy atom. The van der Waals surface area contributed by atoms with E-state index in [2.05, 4.69) is 5.32 Å². The molecule has 88 valence electrons. The predicted octanol–water partition coefficient (Wildman–Crippen LogP) is 3.87. The van der Waals surface area contributed by atoms with Crippen LogP contribution in [0.5, 0.6) is 0 Å². The third-order valence-corrected chi connectivity index (χ3v) is 2.93. The second-order valence-electron chi connectivity index (χ2n) is 3.82. The van der Waals surface area contributed by atoms with Gasteiger partial charge in [0.1, 0.15) is 5.82 Å². The van der Waals surface area contributed by atoms with Crippen LogP contribution in [-0.4, -0.2) is 7.05 Å². The highest BCUT2D eigenvalue weighted by Gasteiger charge is 2.06. The number of benzene rings is 2. The van der Waals surface area contributed by atoms with Crippen LogP contribution in [0.2, 0.25) is 5.02 Å². The van der Waals surface area contributed by atoms with Crippen LogP contribution in [-0.2, 0) is 6.54 Å². The third kappa shape index (κ3) is 2.65. The van der Waals surface area contributed by atoms with Gasteiger partial charge in [0.05, 0.1) is 0 Å². The van der Waals surface area contributed by atoms with E-state index in [1.54, 1.807) is 19.2 Å². The lowest BCUT2D eigenvalue weighted by atomic mass is 10.0. The second-order valence-corrected chi connectivity index (χ2v) is 4.22. The van der Waals surface area contributed by atoms with Gasteiger partial charge in [-0.05, 0) is 24.7 Å². The highest BCUT2D eigenvalue weighted by molar-refractivity contribution is 6.33. The van der Waals surface area contributed by atoms with Crippen LogP contribution in [0.3, 0.4) is 0 Å². The monoisotopic (exact) mass is 249 g/mol. The van der Waals surface area contributed by atoms with Crippen LogP contribution in [0, 0.1) is 5.82 Å². The summed E-state index contributed by atoms with van der Waals surface area (Å²) in [6, 6.07) is 12.6. The van der Waals surface area contributed by atoms with Gasteiger partial charge in [-0.15, -0.1) is 0 Å². The summed E-state index contributed by atoms with van der Waals surface area (Å²) >= 11 is 6.08. The van der Waals surface area contributed by atoms with Gasteiger partial charge < -0.3 is 5.32 Å². The highest BCUT2D eigenvalue weighted by Crippen LogP contribution is 2.28. The Morgan fingerprint density at radius 1 is 1.18 bits per heavy atom. The van der Waals surface area contributed by atoms with Gasteiger partial charge in [-0.3, -0.25) is 0 Å². The molecule has 0 radical (unpaired) electrons. The van der Waals surface area contributed by atoms with Gasteiger partial charge in [0.25, 0.3) is 0 Å². The van der Waals surface area contributed by atoms with Crippen LogP contribution in [0.25, 0.3) is 11.1 Å². The van der Waals surface area contributed by atoms with Gasteiger partial charge in [-0.25, -0.2) is 4.39 Å². The van der Waals surface area contributed by atoms with E-state index < -0.39 is 0 Å². The molecular formula is C14H13ClFN. The smallest absolute Gasteiger partial charge is 0.128 e. The Labute approximate surface area is 105 Å². The summed E-state index contributed by atoms with van der Waals surface area (Å²) in [5.74, 6) is -0.211. The number of rotatable bonds is 3. The zero-order valence-electron chi connectivity index (χ0n) is 9.50. The Hall–Kier alpha value is -1.38. The van der Waals surface area contributed by atoms with E-state index in [-0.39, 0.29) is 5.82 Å². The normalized spacial score (nSPS) is 10.5. The van der Waals surface area contributed by atoms with Gasteiger partial charge in [0, 0.05) is 22.7 Å². The van der Waals surface area contributed by atoms with Gasteiger partial charge in [-0.1, -0.05) is 41.9 Å². The molecule has 0 unspecified atom stereocenters. The Kier molecular flexibility index (Phi) is 3.77. The quantitative estimate of drug-likeness (QED) is 0.871. The summed E-state index contributed by atoms with van der Waals surface area (Å²) in [6.45, 7) is 0.522. The van der Waals surface area contributed by atoms with Crippen molar-refractivity contribution >= 4 is 11.6 Å². The van der Waals surface area contributed by atoms with Crippen molar-refractivity contribution in [2.75, 3.05) is 7.05 Å². The Balaban J connectivity index is 2.41. The van der Waals surface area contributed by atoms with Gasteiger partial charge in [0.15, 0.2) is 0 Å². The lowest BCUT2D eigenvalue weighted by Gasteiger charge is -2.07. The first-order valence-electron chi connectivity index (χ1n) is 5.40. The van der Waals surface area contributed by atoms with Crippen molar-refractivity contribution in [2.45, 2.75) is 6.54 Å². The molecule has 0 atom stereocenters. The van der Waals surface area contributed by atoms with Crippen LogP contribution in [0.15, 0.2) is 42.5 Å². The van der Waals surface area contributed by atoms with Crippen molar-refractivity contribution in [2.24, 2.45) is 0 Å². The molecule has 3 heteroatoms. The average Bonchev–Trinajstić information content (AvgIpc) is 2.33. The van der Waals surface area contributed by atoms with E-state index in [1.165, 1.54) is 6.07 Å². The van der Waals surface area contributed by atoms with Crippen molar-refractivity contribution in [1.29, 1.82) is 0 Å². The summed E-state index contributed by atoms with van der Waals surface area (Å²) < 4.78 is 13.8. The molecule has 0 saturated heterocycles. The molecular weight excluding hydrogens is 237 g/mol. The molecule has 0 heterocycles. The molecule has 0 aliphatic heterocycles.